The summed E-state index contributed by atoms with van der Waals surface area (Å²) in [6.07, 6.45) is 0. The number of para-hydroxylation sites is 2. The number of nitrogens with one attached hydrogen (secondary N) is 2. The zero-order valence-corrected chi connectivity index (χ0v) is 19.5. The third kappa shape index (κ3) is 7.05. The molecule has 2 amide bonds. The van der Waals surface area contributed by atoms with Crippen LogP contribution in [0.4, 0.5) is 11.4 Å². The third-order valence-electron chi connectivity index (χ3n) is 5.44. The lowest BCUT2D eigenvalue weighted by Gasteiger charge is -2.33. The molecule has 4 rings (SSSR count). The normalized spacial score (nSPS) is 14.4. The van der Waals surface area contributed by atoms with Gasteiger partial charge in [-0.2, -0.15) is 0 Å². The maximum absolute atomic E-state index is 12.6. The van der Waals surface area contributed by atoms with Crippen molar-refractivity contribution in [1.82, 2.24) is 9.80 Å². The Labute approximate surface area is 204 Å². The molecule has 0 bridgehead atoms. The van der Waals surface area contributed by atoms with Crippen molar-refractivity contribution in [3.63, 3.8) is 0 Å². The van der Waals surface area contributed by atoms with Gasteiger partial charge in [0.2, 0.25) is 11.8 Å². The molecule has 34 heavy (non-hydrogen) atoms. The van der Waals surface area contributed by atoms with Crippen LogP contribution in [-0.2, 0) is 9.59 Å². The van der Waals surface area contributed by atoms with Crippen LogP contribution in [0.2, 0.25) is 5.02 Å². The van der Waals surface area contributed by atoms with E-state index in [1.165, 1.54) is 0 Å². The van der Waals surface area contributed by atoms with Gasteiger partial charge in [-0.1, -0.05) is 48.0 Å². The quantitative estimate of drug-likeness (QED) is 0.504. The van der Waals surface area contributed by atoms with E-state index in [0.717, 1.165) is 5.75 Å². The molecule has 2 N–H and O–H groups in total. The van der Waals surface area contributed by atoms with Crippen LogP contribution >= 0.6 is 11.6 Å². The molecule has 0 aliphatic carbocycles. The van der Waals surface area contributed by atoms with Crippen molar-refractivity contribution in [3.05, 3.63) is 83.9 Å². The lowest BCUT2D eigenvalue weighted by molar-refractivity contribution is -0.120. The highest BCUT2D eigenvalue weighted by Crippen LogP contribution is 2.24. The van der Waals surface area contributed by atoms with E-state index in [4.69, 9.17) is 16.3 Å². The van der Waals surface area contributed by atoms with Gasteiger partial charge in [-0.05, 0) is 36.4 Å². The highest BCUT2D eigenvalue weighted by atomic mass is 35.5. The molecule has 0 spiro atoms. The zero-order chi connectivity index (χ0) is 23.8. The van der Waals surface area contributed by atoms with Gasteiger partial charge in [0, 0.05) is 37.9 Å². The summed E-state index contributed by atoms with van der Waals surface area (Å²) in [6.45, 7) is 3.43. The van der Waals surface area contributed by atoms with E-state index in [1.54, 1.807) is 18.2 Å². The SMILES string of the molecule is O=C(CN1CCN(CC(=O)Nc2ccccc2Cl)CC1)Nc1cccc(Oc2ccccc2)c1. The van der Waals surface area contributed by atoms with Crippen molar-refractivity contribution in [2.24, 2.45) is 0 Å². The van der Waals surface area contributed by atoms with E-state index >= 15 is 0 Å². The number of carbonyl (C=O) groups excluding carboxylic acids is 2. The average Bonchev–Trinajstić information content (AvgIpc) is 2.83. The highest BCUT2D eigenvalue weighted by Gasteiger charge is 2.21. The van der Waals surface area contributed by atoms with Crippen LogP contribution in [0.5, 0.6) is 11.5 Å². The first kappa shape index (κ1) is 23.8. The minimum atomic E-state index is -0.100. The van der Waals surface area contributed by atoms with Gasteiger partial charge in [-0.15, -0.1) is 0 Å². The number of halogens is 1. The van der Waals surface area contributed by atoms with Crippen LogP contribution in [0.1, 0.15) is 0 Å². The second-order valence-electron chi connectivity index (χ2n) is 8.07. The van der Waals surface area contributed by atoms with Gasteiger partial charge < -0.3 is 15.4 Å². The summed E-state index contributed by atoms with van der Waals surface area (Å²) in [5, 5.41) is 6.31. The van der Waals surface area contributed by atoms with Crippen LogP contribution < -0.4 is 15.4 Å². The molecule has 1 saturated heterocycles. The summed E-state index contributed by atoms with van der Waals surface area (Å²) in [4.78, 5) is 29.1. The van der Waals surface area contributed by atoms with Gasteiger partial charge >= 0.3 is 0 Å². The van der Waals surface area contributed by atoms with Gasteiger partial charge in [0.15, 0.2) is 0 Å². The largest absolute Gasteiger partial charge is 0.457 e. The molecule has 1 aliphatic heterocycles. The van der Waals surface area contributed by atoms with Gasteiger partial charge in [0.05, 0.1) is 23.8 Å². The molecule has 1 fully saturated rings. The lowest BCUT2D eigenvalue weighted by Crippen LogP contribution is -2.50. The average molecular weight is 479 g/mol. The molecule has 0 atom stereocenters. The Morgan fingerprint density at radius 3 is 2.00 bits per heavy atom. The van der Waals surface area contributed by atoms with Gasteiger partial charge in [0.1, 0.15) is 11.5 Å². The van der Waals surface area contributed by atoms with E-state index in [-0.39, 0.29) is 11.8 Å². The fraction of sp³-hybridized carbons (Fsp3) is 0.231. The number of hydrogen-bond donors (Lipinski definition) is 2. The summed E-state index contributed by atoms with van der Waals surface area (Å²) >= 11 is 6.10. The minimum absolute atomic E-state index is 0.0817. The summed E-state index contributed by atoms with van der Waals surface area (Å²) in [6, 6.07) is 24.0. The van der Waals surface area contributed by atoms with Crippen molar-refractivity contribution in [1.29, 1.82) is 0 Å². The van der Waals surface area contributed by atoms with Crippen LogP contribution in [0.25, 0.3) is 0 Å². The standard InChI is InChI=1S/C26H27ClN4O3/c27-23-11-4-5-12-24(23)29-26(33)19-31-15-13-30(14-16-31)18-25(32)28-20-7-6-10-22(17-20)34-21-8-2-1-3-9-21/h1-12,17H,13-16,18-19H2,(H,28,32)(H,29,33). The zero-order valence-electron chi connectivity index (χ0n) is 18.7. The molecule has 176 valence electrons. The number of rotatable bonds is 8. The van der Waals surface area contributed by atoms with Crippen LogP contribution in [0.15, 0.2) is 78.9 Å². The van der Waals surface area contributed by atoms with Gasteiger partial charge in [-0.25, -0.2) is 0 Å². The number of hydrogen-bond acceptors (Lipinski definition) is 5. The van der Waals surface area contributed by atoms with Gasteiger partial charge in [0.25, 0.3) is 0 Å². The Bertz CT molecular complexity index is 1120. The Morgan fingerprint density at radius 2 is 1.32 bits per heavy atom. The molecule has 0 saturated carbocycles. The molecule has 0 aromatic heterocycles. The molecule has 0 radical (unpaired) electrons. The predicted octanol–water partition coefficient (Wildman–Crippen LogP) is 4.33. The van der Waals surface area contributed by atoms with E-state index in [0.29, 0.717) is 61.4 Å². The second kappa shape index (κ2) is 11.7. The van der Waals surface area contributed by atoms with Gasteiger partial charge in [-0.3, -0.25) is 19.4 Å². The van der Waals surface area contributed by atoms with E-state index in [2.05, 4.69) is 20.4 Å². The molecule has 0 unspecified atom stereocenters. The van der Waals surface area contributed by atoms with Crippen LogP contribution in [0, 0.1) is 0 Å². The minimum Gasteiger partial charge on any atom is -0.457 e. The number of nitrogens with zero attached hydrogens (tertiary/aromatic N) is 2. The molecule has 1 aliphatic rings. The summed E-state index contributed by atoms with van der Waals surface area (Å²) in [7, 11) is 0. The molecule has 3 aromatic carbocycles. The van der Waals surface area contributed by atoms with Crippen molar-refractivity contribution < 1.29 is 14.3 Å². The van der Waals surface area contributed by atoms with Crippen molar-refractivity contribution in [3.8, 4) is 11.5 Å². The maximum atomic E-state index is 12.6. The van der Waals surface area contributed by atoms with E-state index in [9.17, 15) is 9.59 Å². The molecule has 7 nitrogen and oxygen atoms in total. The molecule has 8 heteroatoms. The maximum Gasteiger partial charge on any atom is 0.238 e. The van der Waals surface area contributed by atoms with E-state index < -0.39 is 0 Å². The number of benzene rings is 3. The van der Waals surface area contributed by atoms with Crippen LogP contribution in [0.3, 0.4) is 0 Å². The Morgan fingerprint density at radius 1 is 0.735 bits per heavy atom. The van der Waals surface area contributed by atoms with E-state index in [1.807, 2.05) is 60.7 Å². The third-order valence-corrected chi connectivity index (χ3v) is 5.77. The number of carbonyl (C=O) groups is 2. The number of amides is 2. The van der Waals surface area contributed by atoms with Crippen molar-refractivity contribution in [2.75, 3.05) is 49.9 Å². The number of anilines is 2. The fourth-order valence-corrected chi connectivity index (χ4v) is 3.91. The first-order chi connectivity index (χ1) is 16.5. The topological polar surface area (TPSA) is 73.9 Å². The molecular weight excluding hydrogens is 452 g/mol. The molecular formula is C26H27ClN4O3. The number of ether oxygens (including phenoxy) is 1. The lowest BCUT2D eigenvalue weighted by atomic mass is 10.2. The Kier molecular flexibility index (Phi) is 8.14. The smallest absolute Gasteiger partial charge is 0.238 e. The monoisotopic (exact) mass is 478 g/mol. The Balaban J connectivity index is 1.20. The first-order valence-electron chi connectivity index (χ1n) is 11.2. The Hall–Kier alpha value is -3.39. The molecule has 3 aromatic rings. The first-order valence-corrected chi connectivity index (χ1v) is 11.5. The number of piperazine rings is 1. The summed E-state index contributed by atoms with van der Waals surface area (Å²) in [5.74, 6) is 1.22. The second-order valence-corrected chi connectivity index (χ2v) is 8.48. The summed E-state index contributed by atoms with van der Waals surface area (Å²) in [5.41, 5.74) is 1.30. The van der Waals surface area contributed by atoms with Crippen molar-refractivity contribution in [2.45, 2.75) is 0 Å². The summed E-state index contributed by atoms with van der Waals surface area (Å²) < 4.78 is 5.83. The fourth-order valence-electron chi connectivity index (χ4n) is 3.73. The predicted molar refractivity (Wildman–Crippen MR) is 135 cm³/mol. The van der Waals surface area contributed by atoms with Crippen LogP contribution in [-0.4, -0.2) is 60.9 Å². The molecule has 1 heterocycles. The van der Waals surface area contributed by atoms with Crippen molar-refractivity contribution >= 4 is 34.8 Å². The highest BCUT2D eigenvalue weighted by molar-refractivity contribution is 6.33.